The van der Waals surface area contributed by atoms with Crippen molar-refractivity contribution in [2.24, 2.45) is 5.92 Å². The second-order valence-electron chi connectivity index (χ2n) is 6.73. The molecule has 3 rings (SSSR count). The molecule has 1 aliphatic rings. The van der Waals surface area contributed by atoms with Crippen LogP contribution in [0.15, 0.2) is 30.3 Å². The first kappa shape index (κ1) is 16.8. The van der Waals surface area contributed by atoms with Crippen LogP contribution in [0.5, 0.6) is 0 Å². The maximum atomic E-state index is 14.1. The molecule has 2 aromatic rings. The van der Waals surface area contributed by atoms with E-state index in [9.17, 15) is 4.39 Å². The van der Waals surface area contributed by atoms with Crippen LogP contribution >= 0.6 is 0 Å². The highest BCUT2D eigenvalue weighted by Gasteiger charge is 2.15. The maximum absolute atomic E-state index is 14.1. The molecule has 1 aromatic carbocycles. The van der Waals surface area contributed by atoms with Crippen LogP contribution in [0.1, 0.15) is 38.3 Å². The molecule has 1 atom stereocenters. The summed E-state index contributed by atoms with van der Waals surface area (Å²) >= 11 is 0. The van der Waals surface area contributed by atoms with E-state index in [1.165, 1.54) is 18.9 Å². The van der Waals surface area contributed by atoms with Crippen molar-refractivity contribution in [3.63, 3.8) is 0 Å². The number of benzene rings is 1. The van der Waals surface area contributed by atoms with Crippen LogP contribution < -0.4 is 10.6 Å². The molecule has 1 fully saturated rings. The van der Waals surface area contributed by atoms with E-state index in [-0.39, 0.29) is 11.7 Å². The Morgan fingerprint density at radius 2 is 2.12 bits per heavy atom. The lowest BCUT2D eigenvalue weighted by Gasteiger charge is -2.23. The van der Waals surface area contributed by atoms with Crippen LogP contribution in [-0.4, -0.2) is 29.6 Å². The number of aromatic nitrogens is 2. The minimum Gasteiger partial charge on any atom is -0.370 e. The Kier molecular flexibility index (Phi) is 5.41. The Morgan fingerprint density at radius 3 is 2.83 bits per heavy atom. The molecule has 2 heterocycles. The van der Waals surface area contributed by atoms with Crippen LogP contribution in [0.4, 0.5) is 10.2 Å². The summed E-state index contributed by atoms with van der Waals surface area (Å²) in [6, 6.07) is 8.64. The zero-order valence-electron chi connectivity index (χ0n) is 14.3. The molecule has 2 N–H and O–H groups in total. The third-order valence-corrected chi connectivity index (χ3v) is 4.42. The van der Waals surface area contributed by atoms with Crippen molar-refractivity contribution in [3.05, 3.63) is 41.8 Å². The minimum absolute atomic E-state index is 0.260. The fourth-order valence-corrected chi connectivity index (χ4v) is 2.96. The van der Waals surface area contributed by atoms with Crippen LogP contribution in [-0.2, 0) is 0 Å². The van der Waals surface area contributed by atoms with Crippen LogP contribution in [0.25, 0.3) is 11.4 Å². The Hall–Kier alpha value is -2.01. The number of hydrogen-bond acceptors (Lipinski definition) is 4. The summed E-state index contributed by atoms with van der Waals surface area (Å²) in [4.78, 5) is 9.10. The largest absolute Gasteiger partial charge is 0.370 e. The fraction of sp³-hybridized carbons (Fsp3) is 0.474. The fourth-order valence-electron chi connectivity index (χ4n) is 2.96. The lowest BCUT2D eigenvalue weighted by atomic mass is 10.00. The molecule has 0 amide bonds. The van der Waals surface area contributed by atoms with Crippen molar-refractivity contribution < 1.29 is 4.39 Å². The molecule has 5 heteroatoms. The molecule has 1 unspecified atom stereocenters. The van der Waals surface area contributed by atoms with Gasteiger partial charge in [-0.2, -0.15) is 0 Å². The number of anilines is 1. The van der Waals surface area contributed by atoms with Gasteiger partial charge in [-0.05, 0) is 49.9 Å². The third kappa shape index (κ3) is 4.09. The van der Waals surface area contributed by atoms with E-state index in [1.54, 1.807) is 12.1 Å². The molecule has 24 heavy (non-hydrogen) atoms. The quantitative estimate of drug-likeness (QED) is 0.876. The van der Waals surface area contributed by atoms with Gasteiger partial charge in [0.25, 0.3) is 0 Å². The highest BCUT2D eigenvalue weighted by molar-refractivity contribution is 5.58. The third-order valence-electron chi connectivity index (χ3n) is 4.42. The Morgan fingerprint density at radius 1 is 1.29 bits per heavy atom. The molecule has 1 aliphatic heterocycles. The summed E-state index contributed by atoms with van der Waals surface area (Å²) in [5, 5.41) is 6.85. The number of nitrogens with one attached hydrogen (secondary N) is 2. The highest BCUT2D eigenvalue weighted by Crippen LogP contribution is 2.24. The zero-order valence-corrected chi connectivity index (χ0v) is 14.3. The predicted molar refractivity (Wildman–Crippen MR) is 95.6 cm³/mol. The topological polar surface area (TPSA) is 49.8 Å². The molecule has 1 saturated heterocycles. The molecular weight excluding hydrogens is 303 g/mol. The Bertz CT molecular complexity index is 681. The Labute approximate surface area is 142 Å². The lowest BCUT2D eigenvalue weighted by molar-refractivity contribution is 0.392. The summed E-state index contributed by atoms with van der Waals surface area (Å²) in [5.74, 6) is 1.80. The summed E-state index contributed by atoms with van der Waals surface area (Å²) in [5.41, 5.74) is 1.37. The zero-order chi connectivity index (χ0) is 16.9. The number of nitrogens with zero attached hydrogens (tertiary/aromatic N) is 2. The van der Waals surface area contributed by atoms with Crippen LogP contribution in [0.3, 0.4) is 0 Å². The van der Waals surface area contributed by atoms with Gasteiger partial charge in [0, 0.05) is 18.3 Å². The van der Waals surface area contributed by atoms with E-state index in [0.717, 1.165) is 31.1 Å². The molecule has 0 aliphatic carbocycles. The van der Waals surface area contributed by atoms with E-state index < -0.39 is 0 Å². The minimum atomic E-state index is -0.291. The van der Waals surface area contributed by atoms with E-state index in [0.29, 0.717) is 17.3 Å². The molecule has 0 bridgehead atoms. The summed E-state index contributed by atoms with van der Waals surface area (Å²) < 4.78 is 14.1. The normalized spacial score (nSPS) is 17.9. The van der Waals surface area contributed by atoms with Crippen molar-refractivity contribution >= 4 is 5.82 Å². The van der Waals surface area contributed by atoms with Gasteiger partial charge in [0.15, 0.2) is 5.82 Å². The molecule has 0 spiro atoms. The summed E-state index contributed by atoms with van der Waals surface area (Å²) in [6.07, 6.45) is 2.44. The number of rotatable bonds is 5. The SMILES string of the molecule is CC(C)c1cc(NCC2CCCNC2)nc(-c2ccccc2F)n1. The van der Waals surface area contributed by atoms with Crippen LogP contribution in [0.2, 0.25) is 0 Å². The van der Waals surface area contributed by atoms with E-state index in [4.69, 9.17) is 0 Å². The van der Waals surface area contributed by atoms with Gasteiger partial charge < -0.3 is 10.6 Å². The van der Waals surface area contributed by atoms with Crippen molar-refractivity contribution in [2.45, 2.75) is 32.6 Å². The average Bonchev–Trinajstić information content (AvgIpc) is 2.61. The van der Waals surface area contributed by atoms with Gasteiger partial charge in [0.2, 0.25) is 0 Å². The van der Waals surface area contributed by atoms with Crippen molar-refractivity contribution in [2.75, 3.05) is 25.0 Å². The summed E-state index contributed by atoms with van der Waals surface area (Å²) in [7, 11) is 0. The summed E-state index contributed by atoms with van der Waals surface area (Å²) in [6.45, 7) is 7.19. The van der Waals surface area contributed by atoms with Gasteiger partial charge >= 0.3 is 0 Å². The van der Waals surface area contributed by atoms with Crippen LogP contribution in [0, 0.1) is 11.7 Å². The second-order valence-corrected chi connectivity index (χ2v) is 6.73. The maximum Gasteiger partial charge on any atom is 0.164 e. The number of halogens is 1. The van der Waals surface area contributed by atoms with Gasteiger partial charge in [-0.25, -0.2) is 14.4 Å². The van der Waals surface area contributed by atoms with Gasteiger partial charge in [0.1, 0.15) is 11.6 Å². The van der Waals surface area contributed by atoms with Gasteiger partial charge in [-0.3, -0.25) is 0 Å². The van der Waals surface area contributed by atoms with E-state index in [2.05, 4.69) is 34.4 Å². The second kappa shape index (κ2) is 7.71. The smallest absolute Gasteiger partial charge is 0.164 e. The number of piperidine rings is 1. The molecule has 0 radical (unpaired) electrons. The van der Waals surface area contributed by atoms with Crippen molar-refractivity contribution in [3.8, 4) is 11.4 Å². The monoisotopic (exact) mass is 328 g/mol. The first-order valence-corrected chi connectivity index (χ1v) is 8.72. The first-order valence-electron chi connectivity index (χ1n) is 8.72. The molecular formula is C19H25FN4. The first-order chi connectivity index (χ1) is 11.6. The molecule has 128 valence electrons. The average molecular weight is 328 g/mol. The number of hydrogen-bond donors (Lipinski definition) is 2. The Balaban J connectivity index is 1.84. The van der Waals surface area contributed by atoms with Gasteiger partial charge in [0.05, 0.1) is 5.56 Å². The highest BCUT2D eigenvalue weighted by atomic mass is 19.1. The van der Waals surface area contributed by atoms with Crippen molar-refractivity contribution in [1.29, 1.82) is 0 Å². The lowest BCUT2D eigenvalue weighted by Crippen LogP contribution is -2.33. The van der Waals surface area contributed by atoms with Gasteiger partial charge in [-0.15, -0.1) is 0 Å². The molecule has 1 aromatic heterocycles. The van der Waals surface area contributed by atoms with E-state index in [1.807, 2.05) is 12.1 Å². The standard InChI is InChI=1S/C19H25FN4/c1-13(2)17-10-18(22-12-14-6-5-9-21-11-14)24-19(23-17)15-7-3-4-8-16(15)20/h3-4,7-8,10,13-14,21H,5-6,9,11-12H2,1-2H3,(H,22,23,24). The molecule has 4 nitrogen and oxygen atoms in total. The van der Waals surface area contributed by atoms with E-state index >= 15 is 0 Å². The van der Waals surface area contributed by atoms with Crippen molar-refractivity contribution in [1.82, 2.24) is 15.3 Å². The van der Waals surface area contributed by atoms with Gasteiger partial charge in [-0.1, -0.05) is 26.0 Å². The predicted octanol–water partition coefficient (Wildman–Crippen LogP) is 3.82. The molecule has 0 saturated carbocycles.